The van der Waals surface area contributed by atoms with Crippen molar-refractivity contribution < 1.29 is 0 Å². The van der Waals surface area contributed by atoms with E-state index in [4.69, 9.17) is 0 Å². The highest BCUT2D eigenvalue weighted by Gasteiger charge is 2.43. The van der Waals surface area contributed by atoms with Gasteiger partial charge in [-0.05, 0) is 44.7 Å². The third-order valence-corrected chi connectivity index (χ3v) is 10.2. The van der Waals surface area contributed by atoms with Crippen LogP contribution >= 0.6 is 0 Å². The summed E-state index contributed by atoms with van der Waals surface area (Å²) in [5.41, 5.74) is 0.310. The number of allylic oxidation sites excluding steroid dienone is 1. The fourth-order valence-corrected chi connectivity index (χ4v) is 11.4. The van der Waals surface area contributed by atoms with Crippen molar-refractivity contribution in [2.45, 2.75) is 60.1 Å². The Morgan fingerprint density at radius 1 is 0.875 bits per heavy atom. The van der Waals surface area contributed by atoms with E-state index in [1.54, 1.807) is 0 Å². The van der Waals surface area contributed by atoms with Crippen molar-refractivity contribution in [3.8, 4) is 0 Å². The quantitative estimate of drug-likeness (QED) is 0.675. The standard InChI is InChI=1S/C12H30BNSi2/c1-12(2,3)10-11-13-14(15(4,5)6)16(7,8)9/h10-11,13H,1-9H3/q+1/b11-10+. The largest absolute Gasteiger partial charge is 0.423 e. The number of hydrogen-bond donors (Lipinski definition) is 0. The highest BCUT2D eigenvalue weighted by Crippen LogP contribution is 2.17. The maximum absolute atomic E-state index is 2.81. The second-order valence-corrected chi connectivity index (χ2v) is 17.9. The first-order valence-electron chi connectivity index (χ1n) is 6.29. The van der Waals surface area contributed by atoms with Crippen LogP contribution in [0.5, 0.6) is 0 Å². The fraction of sp³-hybridized carbons (Fsp3) is 0.833. The fourth-order valence-electron chi connectivity index (χ4n) is 2.07. The lowest BCUT2D eigenvalue weighted by Crippen LogP contribution is -2.65. The van der Waals surface area contributed by atoms with Gasteiger partial charge in [0, 0.05) is 0 Å². The predicted molar refractivity (Wildman–Crippen MR) is 84.6 cm³/mol. The van der Waals surface area contributed by atoms with Gasteiger partial charge in [0.2, 0.25) is 0 Å². The highest BCUT2D eigenvalue weighted by atomic mass is 28.4. The van der Waals surface area contributed by atoms with Gasteiger partial charge in [-0.2, -0.15) is 0 Å². The van der Waals surface area contributed by atoms with E-state index in [0.29, 0.717) is 5.41 Å². The molecular weight excluding hydrogens is 225 g/mol. The molecule has 1 radical (unpaired) electrons. The summed E-state index contributed by atoms with van der Waals surface area (Å²) in [7, 11) is -1.21. The molecule has 0 aromatic carbocycles. The molecule has 0 saturated heterocycles. The first-order valence-corrected chi connectivity index (χ1v) is 13.2. The molecule has 0 spiro atoms. The molecule has 0 saturated carbocycles. The Balaban J connectivity index is 4.67. The molecule has 16 heavy (non-hydrogen) atoms. The van der Waals surface area contributed by atoms with Crippen molar-refractivity contribution in [2.75, 3.05) is 0 Å². The van der Waals surface area contributed by atoms with Gasteiger partial charge in [-0.25, -0.2) is 0 Å². The van der Waals surface area contributed by atoms with E-state index in [-0.39, 0.29) is 0 Å². The van der Waals surface area contributed by atoms with Crippen LogP contribution in [-0.2, 0) is 0 Å². The van der Waals surface area contributed by atoms with Crippen LogP contribution in [0.2, 0.25) is 39.3 Å². The molecule has 0 aromatic rings. The van der Waals surface area contributed by atoms with Gasteiger partial charge in [0.25, 0.3) is 16.5 Å². The Morgan fingerprint density at radius 2 is 1.25 bits per heavy atom. The maximum Gasteiger partial charge on any atom is 0.423 e. The molecule has 0 fully saturated rings. The highest BCUT2D eigenvalue weighted by molar-refractivity contribution is 6.99. The van der Waals surface area contributed by atoms with E-state index < -0.39 is 16.5 Å². The topological polar surface area (TPSA) is 5.90 Å². The summed E-state index contributed by atoms with van der Waals surface area (Å²) in [5.74, 6) is 2.37. The lowest BCUT2D eigenvalue weighted by atomic mass is 9.88. The Morgan fingerprint density at radius 3 is 1.50 bits per heavy atom. The van der Waals surface area contributed by atoms with E-state index in [9.17, 15) is 0 Å². The van der Waals surface area contributed by atoms with Crippen LogP contribution in [0.4, 0.5) is 0 Å². The summed E-state index contributed by atoms with van der Waals surface area (Å²) in [4.78, 5) is 0. The summed E-state index contributed by atoms with van der Waals surface area (Å²) in [5, 5.41) is 0. The molecule has 0 bridgehead atoms. The van der Waals surface area contributed by atoms with Crippen LogP contribution in [0, 0.1) is 5.41 Å². The second-order valence-electron chi connectivity index (χ2n) is 7.72. The van der Waals surface area contributed by atoms with Gasteiger partial charge in [-0.3, -0.25) is 0 Å². The van der Waals surface area contributed by atoms with Gasteiger partial charge < -0.3 is 4.14 Å². The Hall–Kier alpha value is 0.199. The first kappa shape index (κ1) is 16.2. The summed E-state index contributed by atoms with van der Waals surface area (Å²) in [6.45, 7) is 21.5. The Bertz CT molecular complexity index is 229. The van der Waals surface area contributed by atoms with Crippen molar-refractivity contribution in [1.29, 1.82) is 0 Å². The predicted octanol–water partition coefficient (Wildman–Crippen LogP) is 3.71. The van der Waals surface area contributed by atoms with Gasteiger partial charge >= 0.3 is 7.41 Å². The molecule has 0 aliphatic carbocycles. The van der Waals surface area contributed by atoms with Crippen LogP contribution < -0.4 is 4.14 Å². The minimum atomic E-state index is -1.17. The second kappa shape index (κ2) is 5.23. The molecule has 0 unspecified atom stereocenters. The number of hydrogen-bond acceptors (Lipinski definition) is 1. The SMILES string of the molecule is CC(C)(C)/C=C/B[N+]([Si](C)(C)C)[Si](C)(C)C. The van der Waals surface area contributed by atoms with Crippen molar-refractivity contribution in [2.24, 2.45) is 5.41 Å². The van der Waals surface area contributed by atoms with Crippen LogP contribution in [0.1, 0.15) is 20.8 Å². The molecule has 0 aliphatic rings. The molecule has 0 aromatic heterocycles. The average Bonchev–Trinajstić information content (AvgIpc) is 1.90. The molecule has 0 N–H and O–H groups in total. The zero-order valence-corrected chi connectivity index (χ0v) is 14.8. The zero-order valence-electron chi connectivity index (χ0n) is 12.8. The van der Waals surface area contributed by atoms with E-state index >= 15 is 0 Å². The van der Waals surface area contributed by atoms with Gasteiger partial charge in [0.1, 0.15) is 0 Å². The third-order valence-electron chi connectivity index (χ3n) is 2.53. The monoisotopic (exact) mass is 255 g/mol. The van der Waals surface area contributed by atoms with Crippen molar-refractivity contribution in [3.05, 3.63) is 12.1 Å². The first-order chi connectivity index (χ1) is 6.84. The van der Waals surface area contributed by atoms with E-state index in [1.165, 1.54) is 0 Å². The zero-order chi connectivity index (χ0) is 13.2. The molecule has 0 amide bonds. The molecular formula is C12H30BNSi2+. The number of rotatable bonds is 4. The molecule has 0 atom stereocenters. The molecule has 0 rings (SSSR count). The minimum Gasteiger partial charge on any atom is -0.401 e. The molecule has 93 valence electrons. The van der Waals surface area contributed by atoms with Crippen LogP contribution in [0.3, 0.4) is 0 Å². The van der Waals surface area contributed by atoms with Gasteiger partial charge in [0.05, 0.1) is 0 Å². The van der Waals surface area contributed by atoms with Gasteiger partial charge in [-0.1, -0.05) is 32.8 Å². The van der Waals surface area contributed by atoms with Crippen LogP contribution in [-0.4, -0.2) is 23.9 Å². The van der Waals surface area contributed by atoms with Crippen LogP contribution in [0.25, 0.3) is 0 Å². The average molecular weight is 255 g/mol. The molecule has 4 heteroatoms. The van der Waals surface area contributed by atoms with Crippen LogP contribution in [0.15, 0.2) is 12.1 Å². The number of nitrogens with zero attached hydrogens (tertiary/aromatic N) is 1. The molecule has 0 aliphatic heterocycles. The van der Waals surface area contributed by atoms with Gasteiger partial charge in [0.15, 0.2) is 0 Å². The lowest BCUT2D eigenvalue weighted by Gasteiger charge is -2.34. The summed E-state index contributed by atoms with van der Waals surface area (Å²) >= 11 is 0. The van der Waals surface area contributed by atoms with Crippen molar-refractivity contribution in [1.82, 2.24) is 4.14 Å². The smallest absolute Gasteiger partial charge is 0.401 e. The van der Waals surface area contributed by atoms with E-state index in [1.807, 2.05) is 0 Å². The van der Waals surface area contributed by atoms with Crippen molar-refractivity contribution in [3.63, 3.8) is 0 Å². The normalized spacial score (nSPS) is 14.9. The summed E-state index contributed by atoms with van der Waals surface area (Å²) in [6.07, 6.45) is 2.35. The maximum atomic E-state index is 2.81. The summed E-state index contributed by atoms with van der Waals surface area (Å²) < 4.78 is 2.81. The lowest BCUT2D eigenvalue weighted by molar-refractivity contribution is 0.545. The molecule has 1 nitrogen and oxygen atoms in total. The van der Waals surface area contributed by atoms with E-state index in [0.717, 1.165) is 7.41 Å². The Kier molecular flexibility index (Phi) is 5.30. The molecule has 0 heterocycles. The van der Waals surface area contributed by atoms with E-state index in [2.05, 4.69) is 76.2 Å². The summed E-state index contributed by atoms with van der Waals surface area (Å²) in [6, 6.07) is 0. The van der Waals surface area contributed by atoms with Gasteiger partial charge in [-0.15, -0.1) is 0 Å². The third kappa shape index (κ3) is 6.71. The minimum absolute atomic E-state index is 0.310. The van der Waals surface area contributed by atoms with Crippen molar-refractivity contribution >= 4 is 23.9 Å². The Labute approximate surface area is 106 Å².